The lowest BCUT2D eigenvalue weighted by molar-refractivity contribution is -0.131. The van der Waals surface area contributed by atoms with E-state index in [1.54, 1.807) is 48.5 Å². The third-order valence-electron chi connectivity index (χ3n) is 4.12. The van der Waals surface area contributed by atoms with E-state index in [1.807, 2.05) is 0 Å². The van der Waals surface area contributed by atoms with Crippen molar-refractivity contribution < 1.29 is 24.2 Å². The lowest BCUT2D eigenvalue weighted by Gasteiger charge is -2.18. The molecule has 0 aromatic heterocycles. The number of benzene rings is 2. The molecule has 2 aromatic rings. The molecule has 1 atom stereocenters. The smallest absolute Gasteiger partial charge is 0.328 e. The van der Waals surface area contributed by atoms with Crippen molar-refractivity contribution in [3.63, 3.8) is 0 Å². The highest BCUT2D eigenvalue weighted by atomic mass is 16.5. The van der Waals surface area contributed by atoms with Crippen LogP contribution >= 0.6 is 0 Å². The molecule has 1 fully saturated rings. The van der Waals surface area contributed by atoms with E-state index in [9.17, 15) is 14.4 Å². The topological polar surface area (TPSA) is 95.9 Å². The maximum atomic E-state index is 12.8. The molecule has 1 saturated heterocycles. The van der Waals surface area contributed by atoms with Crippen LogP contribution in [0, 0.1) is 0 Å². The highest BCUT2D eigenvalue weighted by molar-refractivity contribution is 6.23. The van der Waals surface area contributed by atoms with E-state index in [1.165, 1.54) is 13.2 Å². The molecule has 1 heterocycles. The van der Waals surface area contributed by atoms with Gasteiger partial charge < -0.3 is 15.2 Å². The number of rotatable bonds is 6. The van der Waals surface area contributed by atoms with Crippen LogP contribution in [0.3, 0.4) is 0 Å². The van der Waals surface area contributed by atoms with Gasteiger partial charge in [0.2, 0.25) is 5.91 Å². The minimum atomic E-state index is -1.04. The second-order valence-corrected chi connectivity index (χ2v) is 5.94. The Morgan fingerprint density at radius 3 is 2.74 bits per heavy atom. The van der Waals surface area contributed by atoms with Gasteiger partial charge in [-0.1, -0.05) is 24.3 Å². The number of methoxy groups -OCH3 is 1. The maximum absolute atomic E-state index is 12.8. The molecule has 0 radical (unpaired) electrons. The normalized spacial score (nSPS) is 16.8. The van der Waals surface area contributed by atoms with Crippen LogP contribution in [0.1, 0.15) is 12.0 Å². The lowest BCUT2D eigenvalue weighted by Crippen LogP contribution is -2.35. The molecule has 2 N–H and O–H groups in total. The van der Waals surface area contributed by atoms with Crippen molar-refractivity contribution >= 4 is 35.2 Å². The average molecular weight is 366 g/mol. The van der Waals surface area contributed by atoms with Gasteiger partial charge in [-0.15, -0.1) is 0 Å². The summed E-state index contributed by atoms with van der Waals surface area (Å²) in [4.78, 5) is 37.0. The molecule has 138 valence electrons. The second kappa shape index (κ2) is 7.74. The van der Waals surface area contributed by atoms with Crippen LogP contribution in [0.4, 0.5) is 11.4 Å². The Labute approximate surface area is 155 Å². The molecule has 7 heteroatoms. The predicted molar refractivity (Wildman–Crippen MR) is 101 cm³/mol. The molecule has 0 bridgehead atoms. The fraction of sp³-hybridized carbons (Fsp3) is 0.150. The van der Waals surface area contributed by atoms with Gasteiger partial charge in [-0.3, -0.25) is 9.59 Å². The van der Waals surface area contributed by atoms with Crippen LogP contribution in [0.25, 0.3) is 6.08 Å². The van der Waals surface area contributed by atoms with Crippen molar-refractivity contribution in [3.05, 3.63) is 60.2 Å². The first-order chi connectivity index (χ1) is 13.0. The number of anilines is 2. The minimum Gasteiger partial charge on any atom is -0.495 e. The van der Waals surface area contributed by atoms with E-state index < -0.39 is 12.0 Å². The number of imide groups is 1. The summed E-state index contributed by atoms with van der Waals surface area (Å²) in [6, 6.07) is 13.1. The van der Waals surface area contributed by atoms with Gasteiger partial charge in [0, 0.05) is 11.8 Å². The molecule has 2 aromatic carbocycles. The zero-order valence-corrected chi connectivity index (χ0v) is 14.6. The summed E-state index contributed by atoms with van der Waals surface area (Å²) in [6.45, 7) is 0. The molecular weight excluding hydrogens is 348 g/mol. The van der Waals surface area contributed by atoms with Crippen LogP contribution in [0.15, 0.2) is 54.6 Å². The van der Waals surface area contributed by atoms with E-state index in [0.717, 1.165) is 11.0 Å². The van der Waals surface area contributed by atoms with E-state index >= 15 is 0 Å². The number of carbonyl (C=O) groups excluding carboxylic acids is 2. The third-order valence-corrected chi connectivity index (χ3v) is 4.12. The van der Waals surface area contributed by atoms with E-state index in [0.29, 0.717) is 22.7 Å². The Bertz CT molecular complexity index is 922. The molecule has 0 saturated carbocycles. The summed E-state index contributed by atoms with van der Waals surface area (Å²) in [5, 5.41) is 11.8. The van der Waals surface area contributed by atoms with Gasteiger partial charge in [0.15, 0.2) is 0 Å². The monoisotopic (exact) mass is 366 g/mol. The number of hydrogen-bond donors (Lipinski definition) is 2. The predicted octanol–water partition coefficient (Wildman–Crippen LogP) is 2.54. The standard InChI is InChI=1S/C20H18N2O5/c1-27-17-8-3-2-7-16(17)22-18(23)12-15(20(22)26)21-14-6-4-5-13(11-14)9-10-19(24)25/h2-11,15,21H,12H2,1H3,(H,24,25)/b10-9+. The van der Waals surface area contributed by atoms with Crippen molar-refractivity contribution in [1.29, 1.82) is 0 Å². The summed E-state index contributed by atoms with van der Waals surface area (Å²) in [5.41, 5.74) is 1.70. The Morgan fingerprint density at radius 2 is 2.00 bits per heavy atom. The number of carboxylic acids is 1. The molecule has 7 nitrogen and oxygen atoms in total. The van der Waals surface area contributed by atoms with E-state index in [-0.39, 0.29) is 18.2 Å². The Kier molecular flexibility index (Phi) is 5.21. The van der Waals surface area contributed by atoms with Crippen LogP contribution < -0.4 is 15.0 Å². The number of nitrogens with one attached hydrogen (secondary N) is 1. The van der Waals surface area contributed by atoms with Gasteiger partial charge in [0.1, 0.15) is 11.8 Å². The minimum absolute atomic E-state index is 0.0199. The molecule has 1 aliphatic rings. The number of carboxylic acid groups (broad SMARTS) is 1. The highest BCUT2D eigenvalue weighted by Crippen LogP contribution is 2.32. The molecule has 2 amide bonds. The number of carbonyl (C=O) groups is 3. The summed E-state index contributed by atoms with van der Waals surface area (Å²) in [5.74, 6) is -1.28. The summed E-state index contributed by atoms with van der Waals surface area (Å²) in [6.07, 6.45) is 2.51. The van der Waals surface area contributed by atoms with Gasteiger partial charge in [-0.05, 0) is 35.9 Å². The van der Waals surface area contributed by atoms with Gasteiger partial charge >= 0.3 is 5.97 Å². The SMILES string of the molecule is COc1ccccc1N1C(=O)CC(Nc2cccc(/C=C/C(=O)O)c2)C1=O. The lowest BCUT2D eigenvalue weighted by atomic mass is 10.1. The number of ether oxygens (including phenoxy) is 1. The fourth-order valence-electron chi connectivity index (χ4n) is 2.91. The van der Waals surface area contributed by atoms with Crippen LogP contribution in [-0.2, 0) is 14.4 Å². The van der Waals surface area contributed by atoms with Crippen LogP contribution in [0.2, 0.25) is 0 Å². The third kappa shape index (κ3) is 3.98. The fourth-order valence-corrected chi connectivity index (χ4v) is 2.91. The van der Waals surface area contributed by atoms with Crippen LogP contribution in [0.5, 0.6) is 5.75 Å². The first kappa shape index (κ1) is 18.2. The Hall–Kier alpha value is -3.61. The number of hydrogen-bond acceptors (Lipinski definition) is 5. The molecular formula is C20H18N2O5. The molecule has 3 rings (SSSR count). The highest BCUT2D eigenvalue weighted by Gasteiger charge is 2.40. The quantitative estimate of drug-likeness (QED) is 0.602. The molecule has 1 unspecified atom stereocenters. The number of amides is 2. The number of aliphatic carboxylic acids is 1. The zero-order chi connectivity index (χ0) is 19.4. The maximum Gasteiger partial charge on any atom is 0.328 e. The summed E-state index contributed by atoms with van der Waals surface area (Å²) < 4.78 is 5.25. The van der Waals surface area contributed by atoms with E-state index in [4.69, 9.17) is 9.84 Å². The second-order valence-electron chi connectivity index (χ2n) is 5.94. The van der Waals surface area contributed by atoms with Gasteiger partial charge in [-0.25, -0.2) is 9.69 Å². The van der Waals surface area contributed by atoms with Crippen molar-refractivity contribution in [1.82, 2.24) is 0 Å². The van der Waals surface area contributed by atoms with Crippen molar-refractivity contribution in [2.45, 2.75) is 12.5 Å². The molecule has 0 spiro atoms. The van der Waals surface area contributed by atoms with Crippen LogP contribution in [-0.4, -0.2) is 36.0 Å². The van der Waals surface area contributed by atoms with E-state index in [2.05, 4.69) is 5.32 Å². The summed E-state index contributed by atoms with van der Waals surface area (Å²) >= 11 is 0. The zero-order valence-electron chi connectivity index (χ0n) is 14.6. The average Bonchev–Trinajstić information content (AvgIpc) is 2.93. The van der Waals surface area contributed by atoms with Gasteiger partial charge in [-0.2, -0.15) is 0 Å². The molecule has 0 aliphatic carbocycles. The molecule has 27 heavy (non-hydrogen) atoms. The number of para-hydroxylation sites is 2. The first-order valence-corrected chi connectivity index (χ1v) is 8.27. The molecule has 1 aliphatic heterocycles. The Balaban J connectivity index is 1.80. The van der Waals surface area contributed by atoms with Crippen molar-refractivity contribution in [2.24, 2.45) is 0 Å². The largest absolute Gasteiger partial charge is 0.495 e. The summed E-state index contributed by atoms with van der Waals surface area (Å²) in [7, 11) is 1.48. The van der Waals surface area contributed by atoms with Crippen molar-refractivity contribution in [3.8, 4) is 5.75 Å². The van der Waals surface area contributed by atoms with Gasteiger partial charge in [0.25, 0.3) is 5.91 Å². The Morgan fingerprint density at radius 1 is 1.22 bits per heavy atom. The number of nitrogens with zero attached hydrogens (tertiary/aromatic N) is 1. The van der Waals surface area contributed by atoms with Gasteiger partial charge in [0.05, 0.1) is 19.2 Å². The first-order valence-electron chi connectivity index (χ1n) is 8.27. The van der Waals surface area contributed by atoms with Crippen molar-refractivity contribution in [2.75, 3.05) is 17.3 Å².